The van der Waals surface area contributed by atoms with Gasteiger partial charge in [-0.2, -0.15) is 0 Å². The van der Waals surface area contributed by atoms with Crippen molar-refractivity contribution in [2.75, 3.05) is 19.7 Å². The van der Waals surface area contributed by atoms with Gasteiger partial charge in [-0.25, -0.2) is 0 Å². The summed E-state index contributed by atoms with van der Waals surface area (Å²) in [5.41, 5.74) is 0.176. The monoisotopic (exact) mass is 426 g/mol. The average Bonchev–Trinajstić information content (AvgIpc) is 3.16. The van der Waals surface area contributed by atoms with E-state index in [2.05, 4.69) is 10.6 Å². The van der Waals surface area contributed by atoms with Crippen LogP contribution in [0.15, 0.2) is 18.2 Å². The number of piperidine rings is 1. The van der Waals surface area contributed by atoms with Gasteiger partial charge in [0.2, 0.25) is 11.8 Å². The van der Waals surface area contributed by atoms with Crippen LogP contribution in [0.4, 0.5) is 0 Å². The highest BCUT2D eigenvalue weighted by molar-refractivity contribution is 6.24. The predicted octanol–water partition coefficient (Wildman–Crippen LogP) is -0.571. The van der Waals surface area contributed by atoms with Crippen LogP contribution in [-0.2, 0) is 14.4 Å². The van der Waals surface area contributed by atoms with Gasteiger partial charge in [-0.05, 0) is 31.4 Å². The van der Waals surface area contributed by atoms with E-state index in [0.29, 0.717) is 0 Å². The van der Waals surface area contributed by atoms with E-state index in [1.807, 2.05) is 4.90 Å². The molecule has 10 heteroatoms. The second-order valence-electron chi connectivity index (χ2n) is 8.26. The smallest absolute Gasteiger partial charge is 0.266 e. The standard InChI is InChI=1S/C21H22N4O6/c26-16-7-6-14(19(28)23-16)25-20(29)13-2-1-3-15(18(13)21(25)30)31-10-17(27)24-11-4-5-12(24)9-22-8-11/h1-3,11-12,14,22H,4-10H2,(H,23,26,28). The minimum absolute atomic E-state index is 0.0493. The number of piperazine rings is 1. The third-order valence-electron chi connectivity index (χ3n) is 6.45. The molecular weight excluding hydrogens is 404 g/mol. The Hall–Kier alpha value is -3.27. The Labute approximate surface area is 177 Å². The first-order chi connectivity index (χ1) is 15.0. The molecule has 0 spiro atoms. The second-order valence-corrected chi connectivity index (χ2v) is 8.26. The van der Waals surface area contributed by atoms with E-state index in [9.17, 15) is 24.0 Å². The molecular formula is C21H22N4O6. The molecule has 3 atom stereocenters. The molecule has 3 saturated heterocycles. The summed E-state index contributed by atoms with van der Waals surface area (Å²) in [6.07, 6.45) is 2.04. The van der Waals surface area contributed by atoms with Gasteiger partial charge < -0.3 is 15.0 Å². The molecule has 2 N–H and O–H groups in total. The van der Waals surface area contributed by atoms with Crippen molar-refractivity contribution < 1.29 is 28.7 Å². The molecule has 5 amide bonds. The molecule has 3 unspecified atom stereocenters. The van der Waals surface area contributed by atoms with Crippen molar-refractivity contribution in [3.63, 3.8) is 0 Å². The van der Waals surface area contributed by atoms with Crippen LogP contribution in [0.25, 0.3) is 0 Å². The second kappa shape index (κ2) is 7.45. The summed E-state index contributed by atoms with van der Waals surface area (Å²) in [7, 11) is 0. The Balaban J connectivity index is 1.34. The number of carbonyl (C=O) groups excluding carboxylic acids is 5. The van der Waals surface area contributed by atoms with E-state index >= 15 is 0 Å². The maximum atomic E-state index is 13.1. The lowest BCUT2D eigenvalue weighted by Crippen LogP contribution is -2.55. The summed E-state index contributed by atoms with van der Waals surface area (Å²) in [5, 5.41) is 5.49. The fourth-order valence-corrected chi connectivity index (χ4v) is 5.00. The fourth-order valence-electron chi connectivity index (χ4n) is 5.00. The first-order valence-electron chi connectivity index (χ1n) is 10.4. The maximum Gasteiger partial charge on any atom is 0.266 e. The van der Waals surface area contributed by atoms with Crippen LogP contribution in [-0.4, -0.2) is 77.2 Å². The van der Waals surface area contributed by atoms with E-state index in [0.717, 1.165) is 30.8 Å². The van der Waals surface area contributed by atoms with Crippen LogP contribution in [0.5, 0.6) is 5.75 Å². The van der Waals surface area contributed by atoms with Gasteiger partial charge in [0.1, 0.15) is 11.8 Å². The number of nitrogens with one attached hydrogen (secondary N) is 2. The number of ether oxygens (including phenoxy) is 1. The molecule has 0 radical (unpaired) electrons. The number of carbonyl (C=O) groups is 5. The molecule has 31 heavy (non-hydrogen) atoms. The van der Waals surface area contributed by atoms with E-state index in [1.54, 1.807) is 6.07 Å². The lowest BCUT2D eigenvalue weighted by molar-refractivity contribution is -0.137. The molecule has 4 aliphatic rings. The van der Waals surface area contributed by atoms with Gasteiger partial charge in [0, 0.05) is 31.6 Å². The molecule has 0 saturated carbocycles. The maximum absolute atomic E-state index is 13.1. The number of nitrogens with zero attached hydrogens (tertiary/aromatic N) is 2. The van der Waals surface area contributed by atoms with Gasteiger partial charge >= 0.3 is 0 Å². The van der Waals surface area contributed by atoms with Crippen LogP contribution >= 0.6 is 0 Å². The van der Waals surface area contributed by atoms with Crippen molar-refractivity contribution in [1.82, 2.24) is 20.4 Å². The Morgan fingerprint density at radius 2 is 1.77 bits per heavy atom. The summed E-state index contributed by atoms with van der Waals surface area (Å²) in [6.45, 7) is 1.29. The number of hydrogen-bond acceptors (Lipinski definition) is 7. The molecule has 4 heterocycles. The van der Waals surface area contributed by atoms with Gasteiger partial charge in [-0.15, -0.1) is 0 Å². The topological polar surface area (TPSA) is 125 Å². The van der Waals surface area contributed by atoms with Crippen molar-refractivity contribution in [1.29, 1.82) is 0 Å². The quantitative estimate of drug-likeness (QED) is 0.618. The highest BCUT2D eigenvalue weighted by atomic mass is 16.5. The third kappa shape index (κ3) is 3.18. The SMILES string of the molecule is O=C1CCC(N2C(=O)c3cccc(OCC(=O)N4C5CCC4CNC5)c3C2=O)C(=O)N1. The van der Waals surface area contributed by atoms with E-state index in [1.165, 1.54) is 12.1 Å². The average molecular weight is 426 g/mol. The Bertz CT molecular complexity index is 992. The highest BCUT2D eigenvalue weighted by Crippen LogP contribution is 2.34. The van der Waals surface area contributed by atoms with Crippen LogP contribution in [0.1, 0.15) is 46.4 Å². The van der Waals surface area contributed by atoms with E-state index in [-0.39, 0.29) is 54.3 Å². The Morgan fingerprint density at radius 3 is 2.48 bits per heavy atom. The molecule has 0 aliphatic carbocycles. The van der Waals surface area contributed by atoms with Crippen molar-refractivity contribution in [3.05, 3.63) is 29.3 Å². The number of benzene rings is 1. The molecule has 2 bridgehead atoms. The zero-order valence-corrected chi connectivity index (χ0v) is 16.8. The fraction of sp³-hybridized carbons (Fsp3) is 0.476. The summed E-state index contributed by atoms with van der Waals surface area (Å²) in [6, 6.07) is 3.87. The van der Waals surface area contributed by atoms with Crippen molar-refractivity contribution >= 4 is 29.5 Å². The zero-order valence-electron chi connectivity index (χ0n) is 16.8. The molecule has 10 nitrogen and oxygen atoms in total. The number of rotatable bonds is 4. The lowest BCUT2D eigenvalue weighted by Gasteiger charge is -2.35. The largest absolute Gasteiger partial charge is 0.483 e. The molecule has 4 aliphatic heterocycles. The van der Waals surface area contributed by atoms with Crippen molar-refractivity contribution in [3.8, 4) is 5.75 Å². The number of hydrogen-bond donors (Lipinski definition) is 2. The summed E-state index contributed by atoms with van der Waals surface area (Å²) in [5.74, 6) is -2.36. The van der Waals surface area contributed by atoms with Gasteiger partial charge in [0.25, 0.3) is 17.7 Å². The molecule has 1 aromatic carbocycles. The highest BCUT2D eigenvalue weighted by Gasteiger charge is 2.46. The van der Waals surface area contributed by atoms with Crippen LogP contribution in [0.2, 0.25) is 0 Å². The van der Waals surface area contributed by atoms with Gasteiger partial charge in [-0.1, -0.05) is 6.07 Å². The zero-order chi connectivity index (χ0) is 21.7. The van der Waals surface area contributed by atoms with Crippen LogP contribution in [0, 0.1) is 0 Å². The predicted molar refractivity (Wildman–Crippen MR) is 105 cm³/mol. The lowest BCUT2D eigenvalue weighted by atomic mass is 10.0. The third-order valence-corrected chi connectivity index (χ3v) is 6.45. The normalized spacial score (nSPS) is 27.4. The molecule has 1 aromatic rings. The minimum atomic E-state index is -1.05. The number of amides is 5. The van der Waals surface area contributed by atoms with Gasteiger partial charge in [0.15, 0.2) is 6.61 Å². The first-order valence-corrected chi connectivity index (χ1v) is 10.4. The molecule has 5 rings (SSSR count). The Morgan fingerprint density at radius 1 is 1.03 bits per heavy atom. The molecule has 162 valence electrons. The number of imide groups is 2. The van der Waals surface area contributed by atoms with Crippen LogP contribution in [0.3, 0.4) is 0 Å². The molecule has 3 fully saturated rings. The van der Waals surface area contributed by atoms with E-state index in [4.69, 9.17) is 4.74 Å². The summed E-state index contributed by atoms with van der Waals surface area (Å²) < 4.78 is 5.72. The molecule has 0 aromatic heterocycles. The number of fused-ring (bicyclic) bond motifs is 3. The van der Waals surface area contributed by atoms with Crippen molar-refractivity contribution in [2.24, 2.45) is 0 Å². The summed E-state index contributed by atoms with van der Waals surface area (Å²) >= 11 is 0. The van der Waals surface area contributed by atoms with Crippen LogP contribution < -0.4 is 15.4 Å². The minimum Gasteiger partial charge on any atom is -0.483 e. The first kappa shape index (κ1) is 19.7. The summed E-state index contributed by atoms with van der Waals surface area (Å²) in [4.78, 5) is 65.1. The van der Waals surface area contributed by atoms with Gasteiger partial charge in [0.05, 0.1) is 11.1 Å². The Kier molecular flexibility index (Phi) is 4.73. The van der Waals surface area contributed by atoms with E-state index < -0.39 is 29.7 Å². The van der Waals surface area contributed by atoms with Crippen molar-refractivity contribution in [2.45, 2.75) is 43.8 Å². The van der Waals surface area contributed by atoms with Gasteiger partial charge in [-0.3, -0.25) is 34.2 Å².